The first-order valence-corrected chi connectivity index (χ1v) is 12.8. The largest absolute Gasteiger partial charge is 0.444 e. The highest BCUT2D eigenvalue weighted by atomic mass is 32.2. The average Bonchev–Trinajstić information content (AvgIpc) is 3.45. The van der Waals surface area contributed by atoms with E-state index in [0.29, 0.717) is 40.8 Å². The second-order valence-corrected chi connectivity index (χ2v) is 10.4. The lowest BCUT2D eigenvalue weighted by Gasteiger charge is -2.27. The molecule has 2 amide bonds. The number of hydrogen-bond acceptors (Lipinski definition) is 9. The molecule has 0 unspecified atom stereocenters. The maximum absolute atomic E-state index is 13.1. The highest BCUT2D eigenvalue weighted by Crippen LogP contribution is 2.39. The van der Waals surface area contributed by atoms with Gasteiger partial charge in [-0.1, -0.05) is 12.1 Å². The SMILES string of the molecule is CCN1/C(=C(\C#N)c2nc(NC(=O)[C@@H]3CSCN3C(=O)OC(C)(C)C)ncc2C)Nc2ccccc21. The van der Waals surface area contributed by atoms with E-state index in [2.05, 4.69) is 26.7 Å². The number of nitrogens with one attached hydrogen (secondary N) is 2. The zero-order valence-electron chi connectivity index (χ0n) is 21.0. The predicted octanol–water partition coefficient (Wildman–Crippen LogP) is 4.18. The molecule has 0 aliphatic carbocycles. The molecule has 10 nitrogen and oxygen atoms in total. The van der Waals surface area contributed by atoms with Crippen molar-refractivity contribution in [2.45, 2.75) is 46.3 Å². The van der Waals surface area contributed by atoms with Crippen molar-refractivity contribution in [3.8, 4) is 6.07 Å². The smallest absolute Gasteiger partial charge is 0.411 e. The van der Waals surface area contributed by atoms with E-state index < -0.39 is 23.6 Å². The lowest BCUT2D eigenvalue weighted by atomic mass is 10.1. The molecule has 1 saturated heterocycles. The molecule has 2 aliphatic heterocycles. The molecule has 4 rings (SSSR count). The van der Waals surface area contributed by atoms with E-state index in [1.165, 1.54) is 16.7 Å². The molecule has 3 heterocycles. The minimum atomic E-state index is -0.714. The van der Waals surface area contributed by atoms with Crippen molar-refractivity contribution in [2.24, 2.45) is 0 Å². The van der Waals surface area contributed by atoms with Crippen molar-refractivity contribution in [1.82, 2.24) is 14.9 Å². The summed E-state index contributed by atoms with van der Waals surface area (Å²) >= 11 is 1.47. The molecule has 0 saturated carbocycles. The second-order valence-electron chi connectivity index (χ2n) is 9.40. The van der Waals surface area contributed by atoms with Gasteiger partial charge in [0.05, 0.1) is 22.9 Å². The van der Waals surface area contributed by atoms with E-state index in [0.717, 1.165) is 11.4 Å². The van der Waals surface area contributed by atoms with Crippen molar-refractivity contribution in [1.29, 1.82) is 5.26 Å². The maximum atomic E-state index is 13.1. The van der Waals surface area contributed by atoms with Gasteiger partial charge in [-0.2, -0.15) is 5.26 Å². The molecule has 2 aliphatic rings. The van der Waals surface area contributed by atoms with E-state index >= 15 is 0 Å². The van der Waals surface area contributed by atoms with Gasteiger partial charge in [-0.15, -0.1) is 11.8 Å². The van der Waals surface area contributed by atoms with Crippen LogP contribution in [0.4, 0.5) is 22.1 Å². The Morgan fingerprint density at radius 1 is 1.33 bits per heavy atom. The Hall–Kier alpha value is -3.78. The lowest BCUT2D eigenvalue weighted by molar-refractivity contribution is -0.120. The van der Waals surface area contributed by atoms with Crippen LogP contribution in [0.3, 0.4) is 0 Å². The minimum absolute atomic E-state index is 0.0635. The van der Waals surface area contributed by atoms with E-state index in [4.69, 9.17) is 4.74 Å². The number of benzene rings is 1. The molecule has 1 aromatic carbocycles. The molecule has 0 spiro atoms. The number of ether oxygens (including phenoxy) is 1. The summed E-state index contributed by atoms with van der Waals surface area (Å²) in [6, 6.07) is 9.39. The Kier molecular flexibility index (Phi) is 7.08. The van der Waals surface area contributed by atoms with E-state index in [1.807, 2.05) is 43.0 Å². The van der Waals surface area contributed by atoms with E-state index in [-0.39, 0.29) is 5.95 Å². The van der Waals surface area contributed by atoms with Gasteiger partial charge in [0.1, 0.15) is 29.1 Å². The predicted molar refractivity (Wildman–Crippen MR) is 140 cm³/mol. The van der Waals surface area contributed by atoms with Crippen molar-refractivity contribution in [3.63, 3.8) is 0 Å². The van der Waals surface area contributed by atoms with Crippen LogP contribution in [-0.4, -0.2) is 56.7 Å². The van der Waals surface area contributed by atoms with Crippen LogP contribution in [-0.2, 0) is 9.53 Å². The Morgan fingerprint density at radius 3 is 2.78 bits per heavy atom. The quantitative estimate of drug-likeness (QED) is 0.587. The Morgan fingerprint density at radius 2 is 2.08 bits per heavy atom. The number of allylic oxidation sites excluding steroid dienone is 1. The Bertz CT molecular complexity index is 1270. The topological polar surface area (TPSA) is 123 Å². The van der Waals surface area contributed by atoms with Crippen LogP contribution in [0.2, 0.25) is 0 Å². The first-order valence-electron chi connectivity index (χ1n) is 11.6. The van der Waals surface area contributed by atoms with Crippen LogP contribution >= 0.6 is 11.8 Å². The highest BCUT2D eigenvalue weighted by molar-refractivity contribution is 7.99. The Labute approximate surface area is 214 Å². The molecule has 0 bridgehead atoms. The van der Waals surface area contributed by atoms with Gasteiger partial charge < -0.3 is 15.0 Å². The molecule has 11 heteroatoms. The van der Waals surface area contributed by atoms with Crippen molar-refractivity contribution >= 4 is 46.7 Å². The molecular weight excluding hydrogens is 478 g/mol. The number of aromatic nitrogens is 2. The van der Waals surface area contributed by atoms with Gasteiger partial charge in [0.2, 0.25) is 5.95 Å². The zero-order chi connectivity index (χ0) is 26.0. The van der Waals surface area contributed by atoms with Gasteiger partial charge in [-0.25, -0.2) is 14.8 Å². The number of nitriles is 1. The standard InChI is InChI=1S/C25H29N7O3S/c1-6-31-18-10-8-7-9-17(18)28-21(31)16(11-26)20-15(2)12-27-23(29-20)30-22(33)19-13-36-14-32(19)24(34)35-25(3,4)5/h7-10,12,19,28H,6,13-14H2,1-5H3,(H,27,29,30,33)/b21-16+/t19-/m0/s1. The second kappa shape index (κ2) is 10.1. The van der Waals surface area contributed by atoms with Crippen LogP contribution in [0.1, 0.15) is 39.0 Å². The molecule has 1 fully saturated rings. The third-order valence-electron chi connectivity index (χ3n) is 5.64. The van der Waals surface area contributed by atoms with Gasteiger partial charge in [0.25, 0.3) is 5.91 Å². The summed E-state index contributed by atoms with van der Waals surface area (Å²) in [5.41, 5.74) is 2.67. The Balaban J connectivity index is 1.60. The fourth-order valence-corrected chi connectivity index (χ4v) is 5.13. The molecule has 1 atom stereocenters. The number of hydrogen-bond donors (Lipinski definition) is 2. The number of rotatable bonds is 4. The molecule has 0 radical (unpaired) electrons. The van der Waals surface area contributed by atoms with Crippen LogP contribution < -0.4 is 15.5 Å². The van der Waals surface area contributed by atoms with E-state index in [1.54, 1.807) is 27.0 Å². The van der Waals surface area contributed by atoms with Gasteiger partial charge in [-0.3, -0.25) is 15.0 Å². The fourth-order valence-electron chi connectivity index (χ4n) is 3.98. The minimum Gasteiger partial charge on any atom is -0.444 e. The summed E-state index contributed by atoms with van der Waals surface area (Å²) in [6.07, 6.45) is 1.03. The number of para-hydroxylation sites is 2. The summed E-state index contributed by atoms with van der Waals surface area (Å²) < 4.78 is 5.45. The van der Waals surface area contributed by atoms with Crippen molar-refractivity contribution < 1.29 is 14.3 Å². The number of anilines is 3. The van der Waals surface area contributed by atoms with Gasteiger partial charge in [0.15, 0.2) is 0 Å². The first-order chi connectivity index (χ1) is 17.1. The number of fused-ring (bicyclic) bond motifs is 1. The van der Waals surface area contributed by atoms with Crippen LogP contribution in [0, 0.1) is 18.3 Å². The molecule has 188 valence electrons. The van der Waals surface area contributed by atoms with Gasteiger partial charge in [0, 0.05) is 18.5 Å². The van der Waals surface area contributed by atoms with Gasteiger partial charge in [-0.05, 0) is 52.3 Å². The van der Waals surface area contributed by atoms with Gasteiger partial charge >= 0.3 is 6.09 Å². The fraction of sp³-hybridized carbons (Fsp3) is 0.400. The monoisotopic (exact) mass is 507 g/mol. The third kappa shape index (κ3) is 5.09. The maximum Gasteiger partial charge on any atom is 0.411 e. The zero-order valence-corrected chi connectivity index (χ0v) is 21.8. The number of carbonyl (C=O) groups is 2. The van der Waals surface area contributed by atoms with E-state index in [9.17, 15) is 14.9 Å². The van der Waals surface area contributed by atoms with Crippen molar-refractivity contribution in [3.05, 3.63) is 47.5 Å². The summed E-state index contributed by atoms with van der Waals surface area (Å²) in [5, 5.41) is 16.2. The average molecular weight is 508 g/mol. The van der Waals surface area contributed by atoms with Crippen molar-refractivity contribution in [2.75, 3.05) is 33.7 Å². The summed E-state index contributed by atoms with van der Waals surface area (Å²) in [7, 11) is 0. The first kappa shape index (κ1) is 25.3. The number of thioether (sulfide) groups is 1. The molecule has 2 aromatic rings. The number of amides is 2. The summed E-state index contributed by atoms with van der Waals surface area (Å²) in [5.74, 6) is 1.08. The molecular formula is C25H29N7O3S. The van der Waals surface area contributed by atoms with Crippen LogP contribution in [0.5, 0.6) is 0 Å². The normalized spacial score (nSPS) is 18.3. The number of aryl methyl sites for hydroxylation is 1. The van der Waals surface area contributed by atoms with Crippen LogP contribution in [0.15, 0.2) is 36.3 Å². The summed E-state index contributed by atoms with van der Waals surface area (Å²) in [6.45, 7) is 9.82. The number of nitrogens with zero attached hydrogens (tertiary/aromatic N) is 5. The lowest BCUT2D eigenvalue weighted by Crippen LogP contribution is -2.46. The summed E-state index contributed by atoms with van der Waals surface area (Å²) in [4.78, 5) is 37.9. The third-order valence-corrected chi connectivity index (χ3v) is 6.65. The molecule has 2 N–H and O–H groups in total. The molecule has 36 heavy (non-hydrogen) atoms. The van der Waals surface area contributed by atoms with Crippen LogP contribution in [0.25, 0.3) is 5.57 Å². The molecule has 1 aromatic heterocycles. The number of carbonyl (C=O) groups excluding carboxylic acids is 2. The highest BCUT2D eigenvalue weighted by Gasteiger charge is 2.37.